The van der Waals surface area contributed by atoms with Crippen molar-refractivity contribution >= 4 is 32.3 Å². The number of rotatable bonds is 1. The third kappa shape index (κ3) is 1.93. The standard InChI is InChI=1S/C16H12N4O2S/c1-8-9(2)23-15-12(8)13(17-7-18-15)20-16(22)11-6-4-3-5-10(11)14(21)19-20/h3-7H,1-2H3,(H,19,21). The van der Waals surface area contributed by atoms with Crippen LogP contribution in [0.3, 0.4) is 0 Å². The van der Waals surface area contributed by atoms with Crippen LogP contribution >= 0.6 is 11.3 Å². The normalized spacial score (nSPS) is 11.4. The van der Waals surface area contributed by atoms with Gasteiger partial charge in [0.1, 0.15) is 11.2 Å². The zero-order chi connectivity index (χ0) is 16.1. The Morgan fingerprint density at radius 3 is 2.61 bits per heavy atom. The summed E-state index contributed by atoms with van der Waals surface area (Å²) in [6.07, 6.45) is 1.41. The van der Waals surface area contributed by atoms with Gasteiger partial charge in [0.15, 0.2) is 5.82 Å². The van der Waals surface area contributed by atoms with Crippen LogP contribution in [-0.2, 0) is 0 Å². The van der Waals surface area contributed by atoms with Gasteiger partial charge in [-0.25, -0.2) is 9.97 Å². The van der Waals surface area contributed by atoms with E-state index in [9.17, 15) is 9.59 Å². The van der Waals surface area contributed by atoms with Crippen LogP contribution in [-0.4, -0.2) is 19.7 Å². The van der Waals surface area contributed by atoms with Crippen LogP contribution in [0.5, 0.6) is 0 Å². The Balaban J connectivity index is 2.18. The first-order chi connectivity index (χ1) is 11.1. The van der Waals surface area contributed by atoms with Gasteiger partial charge < -0.3 is 0 Å². The quantitative estimate of drug-likeness (QED) is 0.582. The molecule has 0 bridgehead atoms. The van der Waals surface area contributed by atoms with Crippen LogP contribution in [0.2, 0.25) is 0 Å². The fourth-order valence-corrected chi connectivity index (χ4v) is 3.67. The number of aryl methyl sites for hydroxylation is 2. The summed E-state index contributed by atoms with van der Waals surface area (Å²) in [4.78, 5) is 35.5. The number of fused-ring (bicyclic) bond motifs is 2. The summed E-state index contributed by atoms with van der Waals surface area (Å²) in [7, 11) is 0. The highest BCUT2D eigenvalue weighted by Gasteiger charge is 2.16. The Hall–Kier alpha value is -2.80. The van der Waals surface area contributed by atoms with Gasteiger partial charge in [0.25, 0.3) is 11.1 Å². The van der Waals surface area contributed by atoms with Gasteiger partial charge in [-0.1, -0.05) is 12.1 Å². The molecule has 0 aliphatic heterocycles. The van der Waals surface area contributed by atoms with E-state index >= 15 is 0 Å². The van der Waals surface area contributed by atoms with E-state index < -0.39 is 0 Å². The van der Waals surface area contributed by atoms with E-state index in [0.29, 0.717) is 16.6 Å². The molecule has 0 radical (unpaired) electrons. The highest BCUT2D eigenvalue weighted by molar-refractivity contribution is 7.18. The summed E-state index contributed by atoms with van der Waals surface area (Å²) >= 11 is 1.54. The second-order valence-electron chi connectivity index (χ2n) is 5.29. The van der Waals surface area contributed by atoms with Crippen molar-refractivity contribution in [2.24, 2.45) is 0 Å². The van der Waals surface area contributed by atoms with Crippen molar-refractivity contribution < 1.29 is 0 Å². The molecule has 0 amide bonds. The molecule has 0 aliphatic rings. The number of hydrogen-bond acceptors (Lipinski definition) is 5. The molecule has 1 aromatic carbocycles. The largest absolute Gasteiger partial charge is 0.279 e. The maximum absolute atomic E-state index is 12.8. The first-order valence-electron chi connectivity index (χ1n) is 7.03. The molecule has 0 saturated carbocycles. The van der Waals surface area contributed by atoms with E-state index in [1.807, 2.05) is 13.8 Å². The van der Waals surface area contributed by atoms with E-state index in [-0.39, 0.29) is 11.1 Å². The Bertz CT molecular complexity index is 1190. The molecule has 3 aromatic heterocycles. The number of benzene rings is 1. The lowest BCUT2D eigenvalue weighted by Crippen LogP contribution is -2.29. The van der Waals surface area contributed by atoms with Gasteiger partial charge in [-0.15, -0.1) is 11.3 Å². The molecular weight excluding hydrogens is 312 g/mol. The van der Waals surface area contributed by atoms with Crippen LogP contribution in [0.1, 0.15) is 10.4 Å². The van der Waals surface area contributed by atoms with Crippen molar-refractivity contribution in [1.29, 1.82) is 0 Å². The van der Waals surface area contributed by atoms with E-state index in [1.54, 1.807) is 35.6 Å². The van der Waals surface area contributed by atoms with Crippen molar-refractivity contribution in [3.8, 4) is 5.82 Å². The summed E-state index contributed by atoms with van der Waals surface area (Å²) in [5.41, 5.74) is 0.390. The molecule has 3 heterocycles. The van der Waals surface area contributed by atoms with Gasteiger partial charge in [0.2, 0.25) is 0 Å². The predicted octanol–water partition coefficient (Wildman–Crippen LogP) is 2.30. The molecule has 4 rings (SSSR count). The van der Waals surface area contributed by atoms with Gasteiger partial charge in [-0.05, 0) is 31.5 Å². The summed E-state index contributed by atoms with van der Waals surface area (Å²) < 4.78 is 1.22. The minimum Gasteiger partial charge on any atom is -0.267 e. The Morgan fingerprint density at radius 2 is 1.83 bits per heavy atom. The molecule has 0 aliphatic carbocycles. The monoisotopic (exact) mass is 324 g/mol. The van der Waals surface area contributed by atoms with Crippen molar-refractivity contribution in [2.45, 2.75) is 13.8 Å². The van der Waals surface area contributed by atoms with Gasteiger partial charge in [0.05, 0.1) is 16.2 Å². The molecule has 0 spiro atoms. The zero-order valence-corrected chi connectivity index (χ0v) is 13.3. The first kappa shape index (κ1) is 13.8. The second kappa shape index (κ2) is 4.85. The fraction of sp³-hybridized carbons (Fsp3) is 0.125. The number of nitrogens with one attached hydrogen (secondary N) is 1. The number of aromatic nitrogens is 4. The molecule has 1 N–H and O–H groups in total. The summed E-state index contributed by atoms with van der Waals surface area (Å²) in [6, 6.07) is 6.75. The minimum absolute atomic E-state index is 0.302. The van der Waals surface area contributed by atoms with Gasteiger partial charge in [-0.3, -0.25) is 14.7 Å². The fourth-order valence-electron chi connectivity index (χ4n) is 2.68. The van der Waals surface area contributed by atoms with Crippen LogP contribution in [0.15, 0.2) is 40.2 Å². The molecule has 114 valence electrons. The molecule has 0 saturated heterocycles. The molecule has 0 fully saturated rings. The van der Waals surface area contributed by atoms with E-state index in [1.165, 1.54) is 11.0 Å². The third-order valence-corrected chi connectivity index (χ3v) is 5.09. The third-order valence-electron chi connectivity index (χ3n) is 3.98. The Labute approximate surface area is 134 Å². The van der Waals surface area contributed by atoms with Crippen LogP contribution in [0.25, 0.3) is 26.8 Å². The van der Waals surface area contributed by atoms with Crippen molar-refractivity contribution in [2.75, 3.05) is 0 Å². The highest BCUT2D eigenvalue weighted by atomic mass is 32.1. The summed E-state index contributed by atoms with van der Waals surface area (Å²) in [5.74, 6) is 0.407. The smallest absolute Gasteiger partial charge is 0.267 e. The molecular formula is C16H12N4O2S. The minimum atomic E-state index is -0.323. The van der Waals surface area contributed by atoms with Crippen LogP contribution in [0.4, 0.5) is 0 Å². The van der Waals surface area contributed by atoms with E-state index in [2.05, 4.69) is 15.1 Å². The maximum atomic E-state index is 12.8. The number of nitrogens with zero attached hydrogens (tertiary/aromatic N) is 3. The van der Waals surface area contributed by atoms with E-state index in [4.69, 9.17) is 0 Å². The van der Waals surface area contributed by atoms with Gasteiger partial charge in [-0.2, -0.15) is 4.68 Å². The number of hydrogen-bond donors (Lipinski definition) is 1. The lowest BCUT2D eigenvalue weighted by Gasteiger charge is -2.07. The van der Waals surface area contributed by atoms with Crippen molar-refractivity contribution in [1.82, 2.24) is 19.7 Å². The van der Waals surface area contributed by atoms with Gasteiger partial charge in [0, 0.05) is 4.88 Å². The van der Waals surface area contributed by atoms with Crippen LogP contribution in [0, 0.1) is 13.8 Å². The maximum Gasteiger partial charge on any atom is 0.279 e. The average molecular weight is 324 g/mol. The summed E-state index contributed by atoms with van der Waals surface area (Å²) in [6.45, 7) is 3.96. The average Bonchev–Trinajstić information content (AvgIpc) is 2.86. The molecule has 7 heteroatoms. The molecule has 23 heavy (non-hydrogen) atoms. The molecule has 6 nitrogen and oxygen atoms in total. The molecule has 4 aromatic rings. The first-order valence-corrected chi connectivity index (χ1v) is 7.84. The zero-order valence-electron chi connectivity index (χ0n) is 12.5. The summed E-state index contributed by atoms with van der Waals surface area (Å²) in [5, 5.41) is 4.16. The van der Waals surface area contributed by atoms with E-state index in [0.717, 1.165) is 20.7 Å². The lowest BCUT2D eigenvalue weighted by molar-refractivity contribution is 0.781. The van der Waals surface area contributed by atoms with Crippen molar-refractivity contribution in [3.63, 3.8) is 0 Å². The second-order valence-corrected chi connectivity index (χ2v) is 6.49. The predicted molar refractivity (Wildman–Crippen MR) is 90.6 cm³/mol. The molecule has 0 unspecified atom stereocenters. The number of aromatic amines is 1. The van der Waals surface area contributed by atoms with Crippen molar-refractivity contribution in [3.05, 3.63) is 61.7 Å². The van der Waals surface area contributed by atoms with Gasteiger partial charge >= 0.3 is 0 Å². The Morgan fingerprint density at radius 1 is 1.09 bits per heavy atom. The van der Waals surface area contributed by atoms with Crippen LogP contribution < -0.4 is 11.1 Å². The number of H-pyrrole nitrogens is 1. The lowest BCUT2D eigenvalue weighted by atomic mass is 10.2. The topological polar surface area (TPSA) is 80.6 Å². The number of thiophene rings is 1. The SMILES string of the molecule is Cc1sc2ncnc(-n3[nH]c(=O)c4ccccc4c3=O)c2c1C. The Kier molecular flexibility index (Phi) is 2.92. The molecule has 0 atom stereocenters. The highest BCUT2D eigenvalue weighted by Crippen LogP contribution is 2.30.